The van der Waals surface area contributed by atoms with E-state index in [1.54, 1.807) is 35.2 Å². The van der Waals surface area contributed by atoms with Gasteiger partial charge in [0.25, 0.3) is 5.91 Å². The Bertz CT molecular complexity index is 1160. The second-order valence-corrected chi connectivity index (χ2v) is 8.90. The lowest BCUT2D eigenvalue weighted by molar-refractivity contribution is -0.121. The molecule has 0 bridgehead atoms. The van der Waals surface area contributed by atoms with Crippen molar-refractivity contribution in [3.63, 3.8) is 0 Å². The third-order valence-corrected chi connectivity index (χ3v) is 6.27. The van der Waals surface area contributed by atoms with Crippen LogP contribution in [-0.4, -0.2) is 54.8 Å². The molecule has 0 atom stereocenters. The molecule has 0 aliphatic carbocycles. The molecular formula is C23H23FN4O3S. The fraction of sp³-hybridized carbons (Fsp3) is 0.304. The first-order valence-corrected chi connectivity index (χ1v) is 11.1. The van der Waals surface area contributed by atoms with Crippen LogP contribution in [-0.2, 0) is 9.59 Å². The minimum atomic E-state index is -0.347. The lowest BCUT2D eigenvalue weighted by Crippen LogP contribution is -2.33. The predicted molar refractivity (Wildman–Crippen MR) is 123 cm³/mol. The standard InChI is InChI=1S/C23H23FN4O3S/c1-26(2)12-3-13-27(23-25-18-9-6-16(24)14-19(18)32-23)22(31)15-4-7-17(8-5-15)28-20(29)10-11-21(28)30/h4-9,14H,3,10-13H2,1-2H3. The predicted octanol–water partition coefficient (Wildman–Crippen LogP) is 3.69. The number of rotatable bonds is 7. The number of nitrogens with zero attached hydrogens (tertiary/aromatic N) is 4. The minimum Gasteiger partial charge on any atom is -0.309 e. The molecule has 1 saturated heterocycles. The summed E-state index contributed by atoms with van der Waals surface area (Å²) in [5, 5.41) is 0.503. The lowest BCUT2D eigenvalue weighted by Gasteiger charge is -2.21. The highest BCUT2D eigenvalue weighted by Crippen LogP contribution is 2.31. The van der Waals surface area contributed by atoms with Crippen LogP contribution in [0, 0.1) is 5.82 Å². The summed E-state index contributed by atoms with van der Waals surface area (Å²) in [6, 6.07) is 10.8. The molecule has 0 spiro atoms. The van der Waals surface area contributed by atoms with Crippen molar-refractivity contribution in [2.45, 2.75) is 19.3 Å². The van der Waals surface area contributed by atoms with Crippen molar-refractivity contribution in [1.82, 2.24) is 9.88 Å². The zero-order valence-electron chi connectivity index (χ0n) is 17.9. The first-order valence-electron chi connectivity index (χ1n) is 10.3. The van der Waals surface area contributed by atoms with Gasteiger partial charge in [0.2, 0.25) is 11.8 Å². The van der Waals surface area contributed by atoms with E-state index in [1.807, 2.05) is 19.0 Å². The largest absolute Gasteiger partial charge is 0.309 e. The highest BCUT2D eigenvalue weighted by atomic mass is 32.1. The van der Waals surface area contributed by atoms with E-state index in [0.717, 1.165) is 17.9 Å². The lowest BCUT2D eigenvalue weighted by atomic mass is 10.1. The van der Waals surface area contributed by atoms with Crippen LogP contribution in [0.4, 0.5) is 15.2 Å². The number of amides is 3. The van der Waals surface area contributed by atoms with Crippen LogP contribution in [0.5, 0.6) is 0 Å². The summed E-state index contributed by atoms with van der Waals surface area (Å²) in [6.07, 6.45) is 1.15. The Hall–Kier alpha value is -3.17. The van der Waals surface area contributed by atoms with E-state index in [0.29, 0.717) is 33.1 Å². The zero-order chi connectivity index (χ0) is 22.8. The van der Waals surface area contributed by atoms with Crippen molar-refractivity contribution in [3.05, 3.63) is 53.8 Å². The van der Waals surface area contributed by atoms with Gasteiger partial charge in [0.15, 0.2) is 5.13 Å². The Morgan fingerprint density at radius 1 is 1.06 bits per heavy atom. The Balaban J connectivity index is 1.61. The molecule has 9 heteroatoms. The van der Waals surface area contributed by atoms with Gasteiger partial charge in [-0.15, -0.1) is 0 Å². The number of hydrogen-bond acceptors (Lipinski definition) is 6. The van der Waals surface area contributed by atoms with Crippen LogP contribution in [0.1, 0.15) is 29.6 Å². The van der Waals surface area contributed by atoms with Crippen molar-refractivity contribution in [2.75, 3.05) is 37.0 Å². The maximum atomic E-state index is 13.6. The molecule has 32 heavy (non-hydrogen) atoms. The molecule has 0 radical (unpaired) electrons. The highest BCUT2D eigenvalue weighted by Gasteiger charge is 2.30. The van der Waals surface area contributed by atoms with Gasteiger partial charge in [-0.3, -0.25) is 24.2 Å². The number of benzene rings is 2. The molecule has 1 aliphatic heterocycles. The topological polar surface area (TPSA) is 73.8 Å². The van der Waals surface area contributed by atoms with Gasteiger partial charge >= 0.3 is 0 Å². The van der Waals surface area contributed by atoms with Gasteiger partial charge in [-0.1, -0.05) is 11.3 Å². The summed E-state index contributed by atoms with van der Waals surface area (Å²) < 4.78 is 14.3. The molecular weight excluding hydrogens is 431 g/mol. The molecule has 1 fully saturated rings. The van der Waals surface area contributed by atoms with Crippen molar-refractivity contribution in [1.29, 1.82) is 0 Å². The number of halogens is 1. The van der Waals surface area contributed by atoms with Gasteiger partial charge in [-0.2, -0.15) is 0 Å². The van der Waals surface area contributed by atoms with Gasteiger partial charge in [-0.25, -0.2) is 9.37 Å². The van der Waals surface area contributed by atoms with Crippen LogP contribution >= 0.6 is 11.3 Å². The molecule has 0 N–H and O–H groups in total. The Kier molecular flexibility index (Phi) is 6.29. The Labute approximate surface area is 189 Å². The van der Waals surface area contributed by atoms with Crippen LogP contribution in [0.15, 0.2) is 42.5 Å². The molecule has 2 heterocycles. The van der Waals surface area contributed by atoms with Gasteiger partial charge in [-0.05, 0) is 69.5 Å². The summed E-state index contributed by atoms with van der Waals surface area (Å²) in [4.78, 5) is 46.7. The Morgan fingerprint density at radius 2 is 1.75 bits per heavy atom. The average Bonchev–Trinajstić information content (AvgIpc) is 3.32. The fourth-order valence-electron chi connectivity index (χ4n) is 3.60. The van der Waals surface area contributed by atoms with E-state index >= 15 is 0 Å². The first-order chi connectivity index (χ1) is 15.3. The summed E-state index contributed by atoms with van der Waals surface area (Å²) >= 11 is 1.27. The number of carbonyl (C=O) groups is 3. The van der Waals surface area contributed by atoms with Crippen molar-refractivity contribution in [2.24, 2.45) is 0 Å². The van der Waals surface area contributed by atoms with E-state index in [1.165, 1.54) is 23.5 Å². The second-order valence-electron chi connectivity index (χ2n) is 7.89. The average molecular weight is 455 g/mol. The molecule has 4 rings (SSSR count). The molecule has 1 aromatic heterocycles. The fourth-order valence-corrected chi connectivity index (χ4v) is 4.62. The maximum absolute atomic E-state index is 13.6. The molecule has 7 nitrogen and oxygen atoms in total. The Morgan fingerprint density at radius 3 is 2.41 bits per heavy atom. The van der Waals surface area contributed by atoms with Crippen molar-refractivity contribution < 1.29 is 18.8 Å². The molecule has 3 aromatic rings. The first kappa shape index (κ1) is 22.0. The van der Waals surface area contributed by atoms with Gasteiger partial charge in [0, 0.05) is 24.9 Å². The summed E-state index contributed by atoms with van der Waals surface area (Å²) in [7, 11) is 3.93. The van der Waals surface area contributed by atoms with Crippen LogP contribution < -0.4 is 9.80 Å². The number of carbonyl (C=O) groups excluding carboxylic acids is 3. The number of fused-ring (bicyclic) bond motifs is 1. The van der Waals surface area contributed by atoms with E-state index in [-0.39, 0.29) is 36.4 Å². The molecule has 0 saturated carbocycles. The number of aromatic nitrogens is 1. The monoisotopic (exact) mass is 454 g/mol. The summed E-state index contributed by atoms with van der Waals surface area (Å²) in [5.74, 6) is -1.06. The summed E-state index contributed by atoms with van der Waals surface area (Å²) in [5.41, 5.74) is 1.52. The number of anilines is 2. The van der Waals surface area contributed by atoms with E-state index in [2.05, 4.69) is 4.98 Å². The van der Waals surface area contributed by atoms with E-state index in [9.17, 15) is 18.8 Å². The molecule has 0 unspecified atom stereocenters. The third kappa shape index (κ3) is 4.53. The normalized spacial score (nSPS) is 14.1. The molecule has 166 valence electrons. The smallest absolute Gasteiger partial charge is 0.260 e. The third-order valence-electron chi connectivity index (χ3n) is 5.23. The minimum absolute atomic E-state index is 0.206. The second kappa shape index (κ2) is 9.13. The van der Waals surface area contributed by atoms with Crippen LogP contribution in [0.3, 0.4) is 0 Å². The van der Waals surface area contributed by atoms with E-state index < -0.39 is 0 Å². The van der Waals surface area contributed by atoms with Crippen molar-refractivity contribution >= 4 is 50.1 Å². The number of hydrogen-bond donors (Lipinski definition) is 0. The molecule has 1 aliphatic rings. The summed E-state index contributed by atoms with van der Waals surface area (Å²) in [6.45, 7) is 1.24. The number of imide groups is 1. The van der Waals surface area contributed by atoms with E-state index in [4.69, 9.17) is 0 Å². The quantitative estimate of drug-likeness (QED) is 0.509. The maximum Gasteiger partial charge on any atom is 0.260 e. The van der Waals surface area contributed by atoms with Gasteiger partial charge in [0.05, 0.1) is 15.9 Å². The molecule has 2 aromatic carbocycles. The zero-order valence-corrected chi connectivity index (χ0v) is 18.7. The van der Waals surface area contributed by atoms with Gasteiger partial charge < -0.3 is 4.90 Å². The highest BCUT2D eigenvalue weighted by molar-refractivity contribution is 7.22. The molecule has 3 amide bonds. The van der Waals surface area contributed by atoms with Crippen LogP contribution in [0.25, 0.3) is 10.2 Å². The number of thiazole rings is 1. The van der Waals surface area contributed by atoms with Gasteiger partial charge in [0.1, 0.15) is 5.82 Å². The SMILES string of the molecule is CN(C)CCCN(C(=O)c1ccc(N2C(=O)CCC2=O)cc1)c1nc2ccc(F)cc2s1. The van der Waals surface area contributed by atoms with Crippen molar-refractivity contribution in [3.8, 4) is 0 Å². The van der Waals surface area contributed by atoms with Crippen LogP contribution in [0.2, 0.25) is 0 Å².